The van der Waals surface area contributed by atoms with Crippen molar-refractivity contribution in [3.8, 4) is 5.75 Å². The Labute approximate surface area is 112 Å². The lowest BCUT2D eigenvalue weighted by molar-refractivity contribution is -0.384. The average Bonchev–Trinajstić information content (AvgIpc) is 2.42. The van der Waals surface area contributed by atoms with Crippen molar-refractivity contribution in [1.29, 1.82) is 0 Å². The number of nitro benzene ring substituents is 1. The van der Waals surface area contributed by atoms with Gasteiger partial charge in [-0.1, -0.05) is 6.92 Å². The number of hydrogen-bond donors (Lipinski definition) is 2. The fraction of sp³-hybridized carbons (Fsp3) is 0.538. The molecule has 6 nitrogen and oxygen atoms in total. The Kier molecular flexibility index (Phi) is 6.84. The highest BCUT2D eigenvalue weighted by Gasteiger charge is 2.05. The topological polar surface area (TPSA) is 84.6 Å². The third-order valence-corrected chi connectivity index (χ3v) is 2.82. The predicted molar refractivity (Wildman–Crippen MR) is 72.4 cm³/mol. The zero-order valence-corrected chi connectivity index (χ0v) is 11.0. The molecule has 0 aliphatic heterocycles. The summed E-state index contributed by atoms with van der Waals surface area (Å²) in [7, 11) is 0. The Morgan fingerprint density at radius 2 is 2.11 bits per heavy atom. The molecule has 0 saturated carbocycles. The van der Waals surface area contributed by atoms with Gasteiger partial charge in [0.1, 0.15) is 12.4 Å². The summed E-state index contributed by atoms with van der Waals surface area (Å²) in [5.41, 5.74) is 0.0551. The van der Waals surface area contributed by atoms with Crippen LogP contribution in [0.25, 0.3) is 0 Å². The van der Waals surface area contributed by atoms with Crippen molar-refractivity contribution in [3.05, 3.63) is 34.4 Å². The largest absolute Gasteiger partial charge is 0.492 e. The second kappa shape index (κ2) is 8.44. The van der Waals surface area contributed by atoms with Crippen LogP contribution >= 0.6 is 0 Å². The lowest BCUT2D eigenvalue weighted by Crippen LogP contribution is -2.32. The molecule has 1 rings (SSSR count). The first-order chi connectivity index (χ1) is 9.17. The van der Waals surface area contributed by atoms with Crippen LogP contribution in [-0.2, 0) is 0 Å². The quantitative estimate of drug-likeness (QED) is 0.405. The molecule has 0 amide bonds. The van der Waals surface area contributed by atoms with E-state index in [0.29, 0.717) is 24.9 Å². The summed E-state index contributed by atoms with van der Waals surface area (Å²) in [5.74, 6) is 0.614. The van der Waals surface area contributed by atoms with Crippen LogP contribution in [-0.4, -0.2) is 35.8 Å². The van der Waals surface area contributed by atoms with Crippen LogP contribution in [0.4, 0.5) is 5.69 Å². The van der Waals surface area contributed by atoms with Gasteiger partial charge in [-0.3, -0.25) is 10.1 Å². The number of ether oxygens (including phenoxy) is 1. The standard InChI is InChI=1S/C13H20N2O4/c1-2-11(7-9-16)14-8-10-19-13-5-3-12(4-6-13)15(17)18/h3-6,11,14,16H,2,7-10H2,1H3. The molecular formula is C13H20N2O4. The van der Waals surface area contributed by atoms with E-state index in [0.717, 1.165) is 12.8 Å². The van der Waals surface area contributed by atoms with E-state index in [9.17, 15) is 10.1 Å². The second-order valence-corrected chi connectivity index (χ2v) is 4.17. The van der Waals surface area contributed by atoms with Gasteiger partial charge in [-0.15, -0.1) is 0 Å². The number of nitrogens with one attached hydrogen (secondary N) is 1. The van der Waals surface area contributed by atoms with E-state index >= 15 is 0 Å². The molecule has 1 unspecified atom stereocenters. The van der Waals surface area contributed by atoms with Gasteiger partial charge in [0.15, 0.2) is 0 Å². The van der Waals surface area contributed by atoms with Crippen LogP contribution < -0.4 is 10.1 Å². The minimum absolute atomic E-state index is 0.0551. The first kappa shape index (κ1) is 15.4. The van der Waals surface area contributed by atoms with Gasteiger partial charge >= 0.3 is 0 Å². The third-order valence-electron chi connectivity index (χ3n) is 2.82. The maximum atomic E-state index is 10.5. The molecule has 0 spiro atoms. The van der Waals surface area contributed by atoms with Gasteiger partial charge < -0.3 is 15.2 Å². The number of benzene rings is 1. The SMILES string of the molecule is CCC(CCO)NCCOc1ccc([N+](=O)[O-])cc1. The maximum absolute atomic E-state index is 10.5. The molecule has 0 radical (unpaired) electrons. The molecule has 0 aromatic heterocycles. The molecule has 19 heavy (non-hydrogen) atoms. The van der Waals surface area contributed by atoms with Crippen molar-refractivity contribution in [1.82, 2.24) is 5.32 Å². The molecule has 2 N–H and O–H groups in total. The number of rotatable bonds is 9. The summed E-state index contributed by atoms with van der Waals surface area (Å²) < 4.78 is 5.47. The summed E-state index contributed by atoms with van der Waals surface area (Å²) in [5, 5.41) is 22.6. The van der Waals surface area contributed by atoms with Crippen LogP contribution in [0.5, 0.6) is 5.75 Å². The van der Waals surface area contributed by atoms with Gasteiger partial charge in [-0.05, 0) is 25.0 Å². The molecule has 6 heteroatoms. The Morgan fingerprint density at radius 3 is 2.63 bits per heavy atom. The van der Waals surface area contributed by atoms with Crippen LogP contribution in [0, 0.1) is 10.1 Å². The molecule has 0 aliphatic carbocycles. The van der Waals surface area contributed by atoms with Crippen molar-refractivity contribution < 1.29 is 14.8 Å². The molecular weight excluding hydrogens is 248 g/mol. The smallest absolute Gasteiger partial charge is 0.269 e. The molecule has 0 bridgehead atoms. The van der Waals surface area contributed by atoms with Crippen LogP contribution in [0.2, 0.25) is 0 Å². The van der Waals surface area contributed by atoms with Gasteiger partial charge in [0, 0.05) is 31.3 Å². The van der Waals surface area contributed by atoms with Crippen LogP contribution in [0.1, 0.15) is 19.8 Å². The number of aliphatic hydroxyl groups excluding tert-OH is 1. The van der Waals surface area contributed by atoms with Crippen LogP contribution in [0.15, 0.2) is 24.3 Å². The molecule has 106 valence electrons. The van der Waals surface area contributed by atoms with Crippen molar-refractivity contribution in [3.63, 3.8) is 0 Å². The first-order valence-corrected chi connectivity index (χ1v) is 6.38. The van der Waals surface area contributed by atoms with Crippen molar-refractivity contribution in [2.24, 2.45) is 0 Å². The molecule has 0 aliphatic rings. The fourth-order valence-corrected chi connectivity index (χ4v) is 1.70. The minimum Gasteiger partial charge on any atom is -0.492 e. The highest BCUT2D eigenvalue weighted by Crippen LogP contribution is 2.16. The molecule has 0 fully saturated rings. The Bertz CT molecular complexity index is 381. The normalized spacial score (nSPS) is 12.1. The number of hydrogen-bond acceptors (Lipinski definition) is 5. The van der Waals surface area contributed by atoms with Crippen molar-refractivity contribution in [2.45, 2.75) is 25.8 Å². The van der Waals surface area contributed by atoms with Gasteiger partial charge in [0.25, 0.3) is 5.69 Å². The molecule has 0 heterocycles. The zero-order chi connectivity index (χ0) is 14.1. The van der Waals surface area contributed by atoms with Gasteiger partial charge in [0.05, 0.1) is 4.92 Å². The summed E-state index contributed by atoms with van der Waals surface area (Å²) in [6, 6.07) is 6.31. The lowest BCUT2D eigenvalue weighted by atomic mass is 10.1. The second-order valence-electron chi connectivity index (χ2n) is 4.17. The number of nitro groups is 1. The van der Waals surface area contributed by atoms with E-state index in [-0.39, 0.29) is 12.3 Å². The van der Waals surface area contributed by atoms with Crippen molar-refractivity contribution >= 4 is 5.69 Å². The summed E-state index contributed by atoms with van der Waals surface area (Å²) in [6.45, 7) is 3.40. The number of aliphatic hydroxyl groups is 1. The van der Waals surface area contributed by atoms with E-state index in [2.05, 4.69) is 12.2 Å². The van der Waals surface area contributed by atoms with E-state index in [1.807, 2.05) is 0 Å². The zero-order valence-electron chi connectivity index (χ0n) is 11.0. The monoisotopic (exact) mass is 268 g/mol. The van der Waals surface area contributed by atoms with Gasteiger partial charge in [0.2, 0.25) is 0 Å². The highest BCUT2D eigenvalue weighted by molar-refractivity contribution is 5.35. The van der Waals surface area contributed by atoms with Crippen molar-refractivity contribution in [2.75, 3.05) is 19.8 Å². The van der Waals surface area contributed by atoms with Crippen LogP contribution in [0.3, 0.4) is 0 Å². The van der Waals surface area contributed by atoms with E-state index in [1.165, 1.54) is 12.1 Å². The number of nitrogens with zero attached hydrogens (tertiary/aromatic N) is 1. The lowest BCUT2D eigenvalue weighted by Gasteiger charge is -2.15. The molecule has 0 saturated heterocycles. The molecule has 1 aromatic carbocycles. The average molecular weight is 268 g/mol. The highest BCUT2D eigenvalue weighted by atomic mass is 16.6. The number of non-ortho nitro benzene ring substituents is 1. The maximum Gasteiger partial charge on any atom is 0.269 e. The Hall–Kier alpha value is -1.66. The summed E-state index contributed by atoms with van der Waals surface area (Å²) in [4.78, 5) is 10.0. The minimum atomic E-state index is -0.438. The summed E-state index contributed by atoms with van der Waals surface area (Å²) in [6.07, 6.45) is 1.69. The fourth-order valence-electron chi connectivity index (χ4n) is 1.70. The Morgan fingerprint density at radius 1 is 1.42 bits per heavy atom. The van der Waals surface area contributed by atoms with Gasteiger partial charge in [-0.2, -0.15) is 0 Å². The molecule has 1 aromatic rings. The van der Waals surface area contributed by atoms with E-state index < -0.39 is 4.92 Å². The van der Waals surface area contributed by atoms with Gasteiger partial charge in [-0.25, -0.2) is 0 Å². The van der Waals surface area contributed by atoms with E-state index in [1.54, 1.807) is 12.1 Å². The molecule has 1 atom stereocenters. The van der Waals surface area contributed by atoms with E-state index in [4.69, 9.17) is 9.84 Å². The summed E-state index contributed by atoms with van der Waals surface area (Å²) >= 11 is 0. The third kappa shape index (κ3) is 5.67. The first-order valence-electron chi connectivity index (χ1n) is 6.38. The Balaban J connectivity index is 2.27. The predicted octanol–water partition coefficient (Wildman–Crippen LogP) is 1.72.